The molecule has 0 radical (unpaired) electrons. The second-order valence-electron chi connectivity index (χ2n) is 2.23. The summed E-state index contributed by atoms with van der Waals surface area (Å²) in [6.45, 7) is 6.16. The molecular weight excluding hydrogens is 114 g/mol. The largest absolute Gasteiger partial charge is 0.274 e. The van der Waals surface area contributed by atoms with Crippen LogP contribution >= 0.6 is 0 Å². The van der Waals surface area contributed by atoms with Gasteiger partial charge in [-0.05, 0) is 13.3 Å². The predicted molar refractivity (Wildman–Crippen MR) is 36.2 cm³/mol. The lowest BCUT2D eigenvalue weighted by atomic mass is 10.2. The van der Waals surface area contributed by atoms with Crippen molar-refractivity contribution in [2.45, 2.75) is 26.3 Å². The lowest BCUT2D eigenvalue weighted by molar-refractivity contribution is 0.245. The van der Waals surface area contributed by atoms with Crippen molar-refractivity contribution in [3.8, 4) is 0 Å². The van der Waals surface area contributed by atoms with Gasteiger partial charge in [0.2, 0.25) is 0 Å². The monoisotopic (exact) mass is 127 g/mol. The molecule has 3 nitrogen and oxygen atoms in total. The Morgan fingerprint density at radius 3 is 2.78 bits per heavy atom. The van der Waals surface area contributed by atoms with Crippen molar-refractivity contribution >= 4 is 0 Å². The van der Waals surface area contributed by atoms with Crippen LogP contribution in [-0.4, -0.2) is 24.1 Å². The van der Waals surface area contributed by atoms with Gasteiger partial charge in [0.25, 0.3) is 0 Å². The molecule has 52 valence electrons. The topological polar surface area (TPSA) is 28.0 Å². The molecule has 3 heteroatoms. The van der Waals surface area contributed by atoms with Crippen LogP contribution in [0.25, 0.3) is 0 Å². The highest BCUT2D eigenvalue weighted by Crippen LogP contribution is 2.11. The molecule has 0 aromatic carbocycles. The van der Waals surface area contributed by atoms with E-state index in [1.807, 2.05) is 5.01 Å². The smallest absolute Gasteiger partial charge is 0.0841 e. The fourth-order valence-electron chi connectivity index (χ4n) is 1.04. The maximum Gasteiger partial charge on any atom is 0.0841 e. The molecule has 0 saturated carbocycles. The normalized spacial score (nSPS) is 25.6. The molecule has 0 amide bonds. The van der Waals surface area contributed by atoms with E-state index in [2.05, 4.69) is 24.2 Å². The third-order valence-electron chi connectivity index (χ3n) is 1.69. The van der Waals surface area contributed by atoms with Crippen LogP contribution in [0, 0.1) is 0 Å². The molecule has 0 aliphatic carbocycles. The maximum absolute atomic E-state index is 3.96. The fourth-order valence-corrected chi connectivity index (χ4v) is 1.04. The van der Waals surface area contributed by atoms with Gasteiger partial charge in [-0.15, -0.1) is 0 Å². The van der Waals surface area contributed by atoms with E-state index in [0.717, 1.165) is 19.5 Å². The van der Waals surface area contributed by atoms with Crippen molar-refractivity contribution in [2.75, 3.05) is 13.1 Å². The SMILES string of the molecule is CCC1CN=NN1CC. The van der Waals surface area contributed by atoms with E-state index in [9.17, 15) is 0 Å². The van der Waals surface area contributed by atoms with Gasteiger partial charge in [0.1, 0.15) is 0 Å². The summed E-state index contributed by atoms with van der Waals surface area (Å²) in [4.78, 5) is 0. The number of nitrogens with zero attached hydrogens (tertiary/aromatic N) is 3. The summed E-state index contributed by atoms with van der Waals surface area (Å²) in [5.41, 5.74) is 0. The first-order valence-electron chi connectivity index (χ1n) is 3.52. The van der Waals surface area contributed by atoms with Gasteiger partial charge in [-0.1, -0.05) is 12.1 Å². The molecule has 1 aliphatic heterocycles. The quantitative estimate of drug-likeness (QED) is 0.552. The Labute approximate surface area is 55.7 Å². The molecule has 1 unspecified atom stereocenters. The van der Waals surface area contributed by atoms with E-state index in [-0.39, 0.29) is 0 Å². The van der Waals surface area contributed by atoms with Gasteiger partial charge in [0.05, 0.1) is 12.6 Å². The standard InChI is InChI=1S/C6H13N3/c1-3-6-5-7-8-9(6)4-2/h6H,3-5H2,1-2H3. The Balaban J connectivity index is 2.39. The van der Waals surface area contributed by atoms with Crippen LogP contribution in [0.5, 0.6) is 0 Å². The van der Waals surface area contributed by atoms with Crippen LogP contribution < -0.4 is 0 Å². The minimum atomic E-state index is 0.579. The molecular formula is C6H13N3. The summed E-state index contributed by atoms with van der Waals surface area (Å²) in [7, 11) is 0. The van der Waals surface area contributed by atoms with E-state index in [0.29, 0.717) is 6.04 Å². The van der Waals surface area contributed by atoms with Crippen LogP contribution in [0.3, 0.4) is 0 Å². The third kappa shape index (κ3) is 1.20. The molecule has 0 spiro atoms. The number of rotatable bonds is 2. The first kappa shape index (κ1) is 6.52. The van der Waals surface area contributed by atoms with Crippen LogP contribution in [0.4, 0.5) is 0 Å². The summed E-state index contributed by atoms with van der Waals surface area (Å²) in [5.74, 6) is 0. The van der Waals surface area contributed by atoms with Crippen molar-refractivity contribution in [3.05, 3.63) is 0 Å². The molecule has 9 heavy (non-hydrogen) atoms. The molecule has 0 bridgehead atoms. The van der Waals surface area contributed by atoms with Gasteiger partial charge < -0.3 is 0 Å². The Morgan fingerprint density at radius 2 is 2.33 bits per heavy atom. The lowest BCUT2D eigenvalue weighted by Gasteiger charge is -2.17. The van der Waals surface area contributed by atoms with E-state index >= 15 is 0 Å². The van der Waals surface area contributed by atoms with Gasteiger partial charge in [-0.3, -0.25) is 5.01 Å². The summed E-state index contributed by atoms with van der Waals surface area (Å²) < 4.78 is 0. The van der Waals surface area contributed by atoms with Crippen LogP contribution in [0.1, 0.15) is 20.3 Å². The van der Waals surface area contributed by atoms with Gasteiger partial charge in [-0.2, -0.15) is 5.11 Å². The van der Waals surface area contributed by atoms with Crippen molar-refractivity contribution < 1.29 is 0 Å². The highest BCUT2D eigenvalue weighted by Gasteiger charge is 2.17. The molecule has 0 fully saturated rings. The minimum absolute atomic E-state index is 0.579. The zero-order valence-corrected chi connectivity index (χ0v) is 6.04. The predicted octanol–water partition coefficient (Wildman–Crippen LogP) is 1.47. The highest BCUT2D eigenvalue weighted by atomic mass is 15.6. The lowest BCUT2D eigenvalue weighted by Crippen LogP contribution is -2.27. The average molecular weight is 127 g/mol. The third-order valence-corrected chi connectivity index (χ3v) is 1.69. The molecule has 1 atom stereocenters. The average Bonchev–Trinajstić information content (AvgIpc) is 2.33. The van der Waals surface area contributed by atoms with E-state index in [1.165, 1.54) is 0 Å². The fraction of sp³-hybridized carbons (Fsp3) is 1.00. The van der Waals surface area contributed by atoms with Crippen molar-refractivity contribution in [3.63, 3.8) is 0 Å². The van der Waals surface area contributed by atoms with Crippen LogP contribution in [0.2, 0.25) is 0 Å². The van der Waals surface area contributed by atoms with E-state index < -0.39 is 0 Å². The summed E-state index contributed by atoms with van der Waals surface area (Å²) >= 11 is 0. The van der Waals surface area contributed by atoms with Crippen molar-refractivity contribution in [1.29, 1.82) is 0 Å². The maximum atomic E-state index is 3.96. The zero-order valence-electron chi connectivity index (χ0n) is 6.04. The van der Waals surface area contributed by atoms with Crippen LogP contribution in [0.15, 0.2) is 10.3 Å². The van der Waals surface area contributed by atoms with E-state index in [4.69, 9.17) is 0 Å². The first-order valence-corrected chi connectivity index (χ1v) is 3.52. The molecule has 0 aromatic heterocycles. The summed E-state index contributed by atoms with van der Waals surface area (Å²) in [5, 5.41) is 9.95. The number of hydrogen-bond acceptors (Lipinski definition) is 3. The Bertz CT molecular complexity index is 111. The summed E-state index contributed by atoms with van der Waals surface area (Å²) in [6, 6.07) is 0.579. The molecule has 1 aliphatic rings. The van der Waals surface area contributed by atoms with Gasteiger partial charge in [0.15, 0.2) is 0 Å². The zero-order chi connectivity index (χ0) is 6.69. The van der Waals surface area contributed by atoms with Crippen molar-refractivity contribution in [2.24, 2.45) is 10.3 Å². The van der Waals surface area contributed by atoms with E-state index in [1.54, 1.807) is 0 Å². The van der Waals surface area contributed by atoms with Crippen molar-refractivity contribution in [1.82, 2.24) is 5.01 Å². The Kier molecular flexibility index (Phi) is 2.03. The number of likely N-dealkylation sites (N-methyl/N-ethyl adjacent to an activating group) is 1. The molecule has 0 aromatic rings. The van der Waals surface area contributed by atoms with Gasteiger partial charge in [-0.25, -0.2) is 0 Å². The van der Waals surface area contributed by atoms with Crippen LogP contribution in [-0.2, 0) is 0 Å². The second kappa shape index (κ2) is 2.80. The molecule has 1 rings (SSSR count). The minimum Gasteiger partial charge on any atom is -0.274 e. The number of hydrogen-bond donors (Lipinski definition) is 0. The van der Waals surface area contributed by atoms with Gasteiger partial charge >= 0.3 is 0 Å². The Hall–Kier alpha value is -0.600. The molecule has 0 N–H and O–H groups in total. The highest BCUT2D eigenvalue weighted by molar-refractivity contribution is 4.71. The second-order valence-corrected chi connectivity index (χ2v) is 2.23. The molecule has 1 heterocycles. The first-order chi connectivity index (χ1) is 4.38. The van der Waals surface area contributed by atoms with Gasteiger partial charge in [0, 0.05) is 6.54 Å². The Morgan fingerprint density at radius 1 is 1.56 bits per heavy atom. The molecule has 0 saturated heterocycles. The summed E-state index contributed by atoms with van der Waals surface area (Å²) in [6.07, 6.45) is 1.15.